The number of nitrogens with zero attached hydrogens (tertiary/aromatic N) is 1. The summed E-state index contributed by atoms with van der Waals surface area (Å²) in [4.78, 5) is 26.9. The molecule has 2 atom stereocenters. The Balaban J connectivity index is 2.35. The van der Waals surface area contributed by atoms with E-state index in [1.807, 2.05) is 29.2 Å². The number of hydrogen-bond donors (Lipinski definition) is 2. The summed E-state index contributed by atoms with van der Waals surface area (Å²) in [6.45, 7) is 0.840. The lowest BCUT2D eigenvalue weighted by Gasteiger charge is -2.32. The van der Waals surface area contributed by atoms with Gasteiger partial charge in [-0.15, -0.1) is 6.42 Å². The lowest BCUT2D eigenvalue weighted by Crippen LogP contribution is -2.48. The smallest absolute Gasteiger partial charge is 0.241 e. The molecule has 1 aliphatic rings. The molecule has 0 spiro atoms. The largest absolute Gasteiger partial charge is 0.496 e. The van der Waals surface area contributed by atoms with E-state index < -0.39 is 6.04 Å². The molecule has 6 heteroatoms. The molecule has 1 aromatic rings. The molecule has 2 unspecified atom stereocenters. The van der Waals surface area contributed by atoms with Crippen molar-refractivity contribution in [2.45, 2.75) is 24.9 Å². The summed E-state index contributed by atoms with van der Waals surface area (Å²) < 4.78 is 5.41. The molecule has 1 saturated heterocycles. The predicted molar refractivity (Wildman–Crippen MR) is 91.4 cm³/mol. The highest BCUT2D eigenvalue weighted by Gasteiger charge is 2.40. The second-order valence-corrected chi connectivity index (χ2v) is 5.58. The van der Waals surface area contributed by atoms with E-state index in [4.69, 9.17) is 11.2 Å². The molecule has 1 fully saturated rings. The van der Waals surface area contributed by atoms with Crippen LogP contribution in [0.15, 0.2) is 24.3 Å². The molecule has 0 saturated carbocycles. The van der Waals surface area contributed by atoms with Gasteiger partial charge in [0.05, 0.1) is 19.7 Å². The van der Waals surface area contributed by atoms with Crippen LogP contribution in [-0.4, -0.2) is 50.0 Å². The highest BCUT2D eigenvalue weighted by Crippen LogP contribution is 2.34. The van der Waals surface area contributed by atoms with Crippen LogP contribution in [0.3, 0.4) is 0 Å². The average molecular weight is 329 g/mol. The van der Waals surface area contributed by atoms with Crippen molar-refractivity contribution in [2.24, 2.45) is 0 Å². The van der Waals surface area contributed by atoms with E-state index in [0.717, 1.165) is 12.0 Å². The Morgan fingerprint density at radius 1 is 1.46 bits per heavy atom. The fraction of sp³-hybridized carbons (Fsp3) is 0.444. The number of rotatable bonds is 6. The minimum atomic E-state index is -0.588. The van der Waals surface area contributed by atoms with Crippen LogP contribution in [-0.2, 0) is 9.59 Å². The lowest BCUT2D eigenvalue weighted by atomic mass is 10.0. The van der Waals surface area contributed by atoms with Crippen molar-refractivity contribution < 1.29 is 14.3 Å². The second-order valence-electron chi connectivity index (χ2n) is 5.58. The molecule has 0 bridgehead atoms. The number of terminal acetylenes is 1. The number of methoxy groups -OCH3 is 1. The Hall–Kier alpha value is -2.52. The fourth-order valence-corrected chi connectivity index (χ4v) is 3.14. The SMILES string of the molecule is C#CCNC(=O)C1CCCN1C(C(=O)NC)c1ccccc1OC. The molecule has 0 aromatic heterocycles. The Kier molecular flexibility index (Phi) is 6.21. The Bertz CT molecular complexity index is 639. The van der Waals surface area contributed by atoms with Crippen molar-refractivity contribution in [3.8, 4) is 18.1 Å². The van der Waals surface area contributed by atoms with Crippen LogP contribution in [0.25, 0.3) is 0 Å². The normalized spacial score (nSPS) is 18.5. The standard InChI is InChI=1S/C18H23N3O3/c1-4-11-20-17(22)14-9-7-12-21(14)16(18(23)19-2)13-8-5-6-10-15(13)24-3/h1,5-6,8,10,14,16H,7,9,11-12H2,2-3H3,(H,19,23)(H,20,22). The molecule has 1 heterocycles. The number of nitrogens with one attached hydrogen (secondary N) is 2. The molecule has 6 nitrogen and oxygen atoms in total. The molecule has 128 valence electrons. The van der Waals surface area contributed by atoms with Gasteiger partial charge in [-0.2, -0.15) is 0 Å². The second kappa shape index (κ2) is 8.37. The fourth-order valence-electron chi connectivity index (χ4n) is 3.14. The average Bonchev–Trinajstić information content (AvgIpc) is 3.09. The van der Waals surface area contributed by atoms with E-state index in [9.17, 15) is 9.59 Å². The third-order valence-corrected chi connectivity index (χ3v) is 4.22. The summed E-state index contributed by atoms with van der Waals surface area (Å²) in [6.07, 6.45) is 6.75. The van der Waals surface area contributed by atoms with E-state index in [1.165, 1.54) is 0 Å². The maximum atomic E-state index is 12.6. The molecule has 1 aliphatic heterocycles. The Morgan fingerprint density at radius 2 is 2.21 bits per heavy atom. The maximum absolute atomic E-state index is 12.6. The van der Waals surface area contributed by atoms with Crippen LogP contribution < -0.4 is 15.4 Å². The van der Waals surface area contributed by atoms with Crippen molar-refractivity contribution in [2.75, 3.05) is 27.2 Å². The highest BCUT2D eigenvalue weighted by molar-refractivity contribution is 5.87. The monoisotopic (exact) mass is 329 g/mol. The van der Waals surface area contributed by atoms with Gasteiger partial charge in [-0.1, -0.05) is 24.1 Å². The van der Waals surface area contributed by atoms with Crippen LogP contribution in [0.1, 0.15) is 24.4 Å². The van der Waals surface area contributed by atoms with Crippen molar-refractivity contribution in [3.05, 3.63) is 29.8 Å². The summed E-state index contributed by atoms with van der Waals surface area (Å²) in [5.74, 6) is 2.71. The first-order valence-electron chi connectivity index (χ1n) is 7.95. The summed E-state index contributed by atoms with van der Waals surface area (Å²) in [5, 5.41) is 5.41. The van der Waals surface area contributed by atoms with E-state index in [2.05, 4.69) is 16.6 Å². The van der Waals surface area contributed by atoms with Crippen LogP contribution in [0.2, 0.25) is 0 Å². The van der Waals surface area contributed by atoms with Gasteiger partial charge in [0.15, 0.2) is 0 Å². The zero-order valence-corrected chi connectivity index (χ0v) is 14.0. The summed E-state index contributed by atoms with van der Waals surface area (Å²) in [7, 11) is 3.16. The number of likely N-dealkylation sites (tertiary alicyclic amines) is 1. The summed E-state index contributed by atoms with van der Waals surface area (Å²) in [5.41, 5.74) is 0.746. The molecule has 2 rings (SSSR count). The van der Waals surface area contributed by atoms with Crippen molar-refractivity contribution in [1.82, 2.24) is 15.5 Å². The third-order valence-electron chi connectivity index (χ3n) is 4.22. The van der Waals surface area contributed by atoms with Crippen molar-refractivity contribution in [3.63, 3.8) is 0 Å². The minimum Gasteiger partial charge on any atom is -0.496 e. The van der Waals surface area contributed by atoms with Gasteiger partial charge in [0.25, 0.3) is 0 Å². The van der Waals surface area contributed by atoms with Gasteiger partial charge < -0.3 is 15.4 Å². The quantitative estimate of drug-likeness (QED) is 0.754. The van der Waals surface area contributed by atoms with Gasteiger partial charge in [-0.25, -0.2) is 0 Å². The van der Waals surface area contributed by atoms with Gasteiger partial charge in [0.2, 0.25) is 11.8 Å². The van der Waals surface area contributed by atoms with Crippen LogP contribution >= 0.6 is 0 Å². The molecule has 0 aliphatic carbocycles. The number of carbonyl (C=O) groups excluding carboxylic acids is 2. The van der Waals surface area contributed by atoms with Crippen molar-refractivity contribution >= 4 is 11.8 Å². The number of para-hydroxylation sites is 1. The van der Waals surface area contributed by atoms with Gasteiger partial charge in [-0.3, -0.25) is 14.5 Å². The van der Waals surface area contributed by atoms with E-state index in [-0.39, 0.29) is 24.4 Å². The molecule has 24 heavy (non-hydrogen) atoms. The first kappa shape index (κ1) is 17.8. The molecular formula is C18H23N3O3. The minimum absolute atomic E-state index is 0.144. The number of benzene rings is 1. The molecule has 2 amide bonds. The van der Waals surface area contributed by atoms with E-state index in [1.54, 1.807) is 14.2 Å². The Morgan fingerprint density at radius 3 is 2.88 bits per heavy atom. The number of carbonyl (C=O) groups is 2. The number of ether oxygens (including phenoxy) is 1. The molecule has 1 aromatic carbocycles. The highest BCUT2D eigenvalue weighted by atomic mass is 16.5. The molecule has 0 radical (unpaired) electrons. The third kappa shape index (κ3) is 3.69. The van der Waals surface area contributed by atoms with Gasteiger partial charge in [0, 0.05) is 19.2 Å². The van der Waals surface area contributed by atoms with E-state index in [0.29, 0.717) is 18.7 Å². The summed E-state index contributed by atoms with van der Waals surface area (Å²) in [6, 6.07) is 6.41. The van der Waals surface area contributed by atoms with E-state index >= 15 is 0 Å². The zero-order valence-electron chi connectivity index (χ0n) is 14.0. The van der Waals surface area contributed by atoms with Crippen LogP contribution in [0.5, 0.6) is 5.75 Å². The topological polar surface area (TPSA) is 70.7 Å². The van der Waals surface area contributed by atoms with Crippen LogP contribution in [0, 0.1) is 12.3 Å². The maximum Gasteiger partial charge on any atom is 0.241 e. The summed E-state index contributed by atoms with van der Waals surface area (Å²) >= 11 is 0. The molecular weight excluding hydrogens is 306 g/mol. The number of hydrogen-bond acceptors (Lipinski definition) is 4. The van der Waals surface area contributed by atoms with Gasteiger partial charge in [0.1, 0.15) is 11.8 Å². The number of likely N-dealkylation sites (N-methyl/N-ethyl adjacent to an activating group) is 1. The van der Waals surface area contributed by atoms with Gasteiger partial charge in [-0.05, 0) is 18.9 Å². The lowest BCUT2D eigenvalue weighted by molar-refractivity contribution is -0.131. The molecule has 2 N–H and O–H groups in total. The first-order valence-corrected chi connectivity index (χ1v) is 7.95. The first-order chi connectivity index (χ1) is 11.6. The van der Waals surface area contributed by atoms with Crippen LogP contribution in [0.4, 0.5) is 0 Å². The Labute approximate surface area is 142 Å². The predicted octanol–water partition coefficient (Wildman–Crippen LogP) is 0.696. The van der Waals surface area contributed by atoms with Gasteiger partial charge >= 0.3 is 0 Å². The zero-order chi connectivity index (χ0) is 17.5. The van der Waals surface area contributed by atoms with Crippen molar-refractivity contribution in [1.29, 1.82) is 0 Å². The number of amides is 2.